The van der Waals surface area contributed by atoms with Crippen molar-refractivity contribution in [2.24, 2.45) is 0 Å². The van der Waals surface area contributed by atoms with Crippen LogP contribution in [0.5, 0.6) is 0 Å². The molecule has 0 amide bonds. The van der Waals surface area contributed by atoms with Crippen LogP contribution in [0.2, 0.25) is 0 Å². The minimum absolute atomic E-state index is 0.326. The highest BCUT2D eigenvalue weighted by molar-refractivity contribution is 5.81. The molecular formula is C14H22N6O. The van der Waals surface area contributed by atoms with Gasteiger partial charge in [-0.2, -0.15) is 0 Å². The monoisotopic (exact) mass is 290 g/mol. The quantitative estimate of drug-likeness (QED) is 0.887. The highest BCUT2D eigenvalue weighted by Gasteiger charge is 2.28. The van der Waals surface area contributed by atoms with Crippen LogP contribution < -0.4 is 5.73 Å². The number of nitrogens with two attached hydrogens (primary N) is 1. The van der Waals surface area contributed by atoms with E-state index in [0.717, 1.165) is 38.1 Å². The smallest absolute Gasteiger partial charge is 0.165 e. The number of nitrogens with zero attached hydrogens (tertiary/aromatic N) is 5. The van der Waals surface area contributed by atoms with Crippen molar-refractivity contribution in [1.82, 2.24) is 24.4 Å². The largest absolute Gasteiger partial charge is 0.382 e. The van der Waals surface area contributed by atoms with Gasteiger partial charge in [0.25, 0.3) is 0 Å². The number of fused-ring (bicyclic) bond motifs is 1. The maximum absolute atomic E-state index is 5.94. The Balaban J connectivity index is 1.66. The van der Waals surface area contributed by atoms with E-state index >= 15 is 0 Å². The molecule has 0 aliphatic heterocycles. The fourth-order valence-electron chi connectivity index (χ4n) is 2.86. The van der Waals surface area contributed by atoms with Crippen LogP contribution in [0, 0.1) is 0 Å². The van der Waals surface area contributed by atoms with Gasteiger partial charge in [-0.1, -0.05) is 0 Å². The molecule has 0 aromatic carbocycles. The molecule has 2 aromatic heterocycles. The van der Waals surface area contributed by atoms with E-state index in [-0.39, 0.29) is 0 Å². The van der Waals surface area contributed by atoms with Crippen LogP contribution in [-0.2, 0) is 4.74 Å². The topological polar surface area (TPSA) is 82.1 Å². The number of rotatable bonds is 5. The van der Waals surface area contributed by atoms with E-state index in [0.29, 0.717) is 23.5 Å². The van der Waals surface area contributed by atoms with Crippen molar-refractivity contribution < 1.29 is 4.74 Å². The van der Waals surface area contributed by atoms with Gasteiger partial charge in [0.2, 0.25) is 0 Å². The number of ether oxygens (including phenoxy) is 1. The summed E-state index contributed by atoms with van der Waals surface area (Å²) in [6, 6.07) is 0.383. The molecular weight excluding hydrogens is 268 g/mol. The van der Waals surface area contributed by atoms with E-state index in [4.69, 9.17) is 10.5 Å². The maximum atomic E-state index is 5.94. The lowest BCUT2D eigenvalue weighted by Gasteiger charge is -2.15. The van der Waals surface area contributed by atoms with Gasteiger partial charge in [-0.25, -0.2) is 15.0 Å². The number of hydrogen-bond donors (Lipinski definition) is 1. The molecule has 2 unspecified atom stereocenters. The Kier molecular flexibility index (Phi) is 4.03. The molecule has 2 heterocycles. The van der Waals surface area contributed by atoms with Crippen LogP contribution in [0.1, 0.15) is 25.3 Å². The Morgan fingerprint density at radius 1 is 1.33 bits per heavy atom. The Bertz CT molecular complexity index is 611. The zero-order valence-corrected chi connectivity index (χ0v) is 12.6. The summed E-state index contributed by atoms with van der Waals surface area (Å²) in [6.45, 7) is 1.74. The maximum Gasteiger partial charge on any atom is 0.165 e. The van der Waals surface area contributed by atoms with Gasteiger partial charge in [0.1, 0.15) is 11.8 Å². The first-order valence-corrected chi connectivity index (χ1v) is 7.34. The molecule has 21 heavy (non-hydrogen) atoms. The molecule has 7 heteroatoms. The van der Waals surface area contributed by atoms with E-state index in [9.17, 15) is 0 Å². The SMILES string of the molecule is CN(C)CCOC1CCC(n2cnc3c(N)ncnc32)C1. The minimum atomic E-state index is 0.326. The Morgan fingerprint density at radius 2 is 2.19 bits per heavy atom. The summed E-state index contributed by atoms with van der Waals surface area (Å²) in [6.07, 6.45) is 6.81. The van der Waals surface area contributed by atoms with Gasteiger partial charge >= 0.3 is 0 Å². The van der Waals surface area contributed by atoms with Crippen molar-refractivity contribution in [3.05, 3.63) is 12.7 Å². The minimum Gasteiger partial charge on any atom is -0.382 e. The van der Waals surface area contributed by atoms with Crippen LogP contribution >= 0.6 is 0 Å². The predicted molar refractivity (Wildman–Crippen MR) is 80.9 cm³/mol. The Morgan fingerprint density at radius 3 is 3.00 bits per heavy atom. The summed E-state index contributed by atoms with van der Waals surface area (Å²) in [5.41, 5.74) is 7.34. The summed E-state index contributed by atoms with van der Waals surface area (Å²) in [5.74, 6) is 0.440. The molecule has 0 radical (unpaired) electrons. The number of likely N-dealkylation sites (N-methyl/N-ethyl adjacent to an activating group) is 1. The lowest BCUT2D eigenvalue weighted by atomic mass is 10.2. The molecule has 114 valence electrons. The molecule has 0 spiro atoms. The van der Waals surface area contributed by atoms with Crippen LogP contribution in [-0.4, -0.2) is 57.8 Å². The van der Waals surface area contributed by atoms with Gasteiger partial charge in [-0.15, -0.1) is 0 Å². The summed E-state index contributed by atoms with van der Waals surface area (Å²) < 4.78 is 8.06. The van der Waals surface area contributed by atoms with Crippen LogP contribution in [0.25, 0.3) is 11.2 Å². The highest BCUT2D eigenvalue weighted by atomic mass is 16.5. The summed E-state index contributed by atoms with van der Waals surface area (Å²) >= 11 is 0. The van der Waals surface area contributed by atoms with Crippen molar-refractivity contribution in [1.29, 1.82) is 0 Å². The average molecular weight is 290 g/mol. The van der Waals surface area contributed by atoms with Gasteiger partial charge in [-0.05, 0) is 33.4 Å². The van der Waals surface area contributed by atoms with Crippen LogP contribution in [0.3, 0.4) is 0 Å². The number of anilines is 1. The highest BCUT2D eigenvalue weighted by Crippen LogP contribution is 2.33. The molecule has 0 bridgehead atoms. The molecule has 1 aliphatic carbocycles. The van der Waals surface area contributed by atoms with Gasteiger partial charge in [0.15, 0.2) is 11.5 Å². The number of aromatic nitrogens is 4. The normalized spacial score (nSPS) is 22.4. The molecule has 2 aromatic rings. The van der Waals surface area contributed by atoms with Crippen molar-refractivity contribution in [3.63, 3.8) is 0 Å². The third-order valence-electron chi connectivity index (χ3n) is 4.03. The third kappa shape index (κ3) is 2.98. The Hall–Kier alpha value is -1.73. The number of hydrogen-bond acceptors (Lipinski definition) is 6. The van der Waals surface area contributed by atoms with Crippen molar-refractivity contribution in [2.75, 3.05) is 33.0 Å². The van der Waals surface area contributed by atoms with E-state index in [2.05, 4.69) is 38.5 Å². The number of nitrogen functional groups attached to an aromatic ring is 1. The average Bonchev–Trinajstić information content (AvgIpc) is 3.05. The Labute approximate surface area is 124 Å². The lowest BCUT2D eigenvalue weighted by Crippen LogP contribution is -2.21. The predicted octanol–water partition coefficient (Wildman–Crippen LogP) is 1.08. The fourth-order valence-corrected chi connectivity index (χ4v) is 2.86. The van der Waals surface area contributed by atoms with Crippen molar-refractivity contribution >= 4 is 17.0 Å². The molecule has 0 saturated heterocycles. The number of imidazole rings is 1. The molecule has 3 rings (SSSR count). The van der Waals surface area contributed by atoms with Gasteiger partial charge in [-0.3, -0.25) is 0 Å². The van der Waals surface area contributed by atoms with Gasteiger partial charge in [0, 0.05) is 12.6 Å². The molecule has 1 aliphatic rings. The third-order valence-corrected chi connectivity index (χ3v) is 4.03. The molecule has 2 N–H and O–H groups in total. The first kappa shape index (κ1) is 14.2. The fraction of sp³-hybridized carbons (Fsp3) is 0.643. The zero-order valence-electron chi connectivity index (χ0n) is 12.6. The first-order chi connectivity index (χ1) is 10.1. The standard InChI is InChI=1S/C14H22N6O/c1-19(2)5-6-21-11-4-3-10(7-11)20-9-18-12-13(15)16-8-17-14(12)20/h8-11H,3-7H2,1-2H3,(H2,15,16,17). The van der Waals surface area contributed by atoms with E-state index in [1.165, 1.54) is 6.33 Å². The van der Waals surface area contributed by atoms with Crippen LogP contribution in [0.15, 0.2) is 12.7 Å². The second-order valence-electron chi connectivity index (χ2n) is 5.85. The van der Waals surface area contributed by atoms with Crippen molar-refractivity contribution in [2.45, 2.75) is 31.4 Å². The van der Waals surface area contributed by atoms with Gasteiger partial charge in [0.05, 0.1) is 19.0 Å². The second kappa shape index (κ2) is 5.95. The molecule has 1 fully saturated rings. The summed E-state index contributed by atoms with van der Waals surface area (Å²) in [7, 11) is 4.12. The second-order valence-corrected chi connectivity index (χ2v) is 5.85. The van der Waals surface area contributed by atoms with E-state index in [1.807, 2.05) is 6.33 Å². The summed E-state index contributed by atoms with van der Waals surface area (Å²) in [4.78, 5) is 14.8. The summed E-state index contributed by atoms with van der Waals surface area (Å²) in [5, 5.41) is 0. The molecule has 2 atom stereocenters. The van der Waals surface area contributed by atoms with Crippen molar-refractivity contribution in [3.8, 4) is 0 Å². The zero-order chi connectivity index (χ0) is 14.8. The molecule has 7 nitrogen and oxygen atoms in total. The lowest BCUT2D eigenvalue weighted by molar-refractivity contribution is 0.0468. The van der Waals surface area contributed by atoms with Crippen LogP contribution in [0.4, 0.5) is 5.82 Å². The molecule has 1 saturated carbocycles. The van der Waals surface area contributed by atoms with Gasteiger partial charge < -0.3 is 19.9 Å². The first-order valence-electron chi connectivity index (χ1n) is 7.34. The van der Waals surface area contributed by atoms with E-state index < -0.39 is 0 Å². The van der Waals surface area contributed by atoms with E-state index in [1.54, 1.807) is 0 Å².